The number of benzene rings is 1. The lowest BCUT2D eigenvalue weighted by atomic mass is 10.1. The quantitative estimate of drug-likeness (QED) is 0.826. The second-order valence-corrected chi connectivity index (χ2v) is 6.13. The van der Waals surface area contributed by atoms with Gasteiger partial charge in [0, 0.05) is 29.2 Å². The van der Waals surface area contributed by atoms with E-state index in [-0.39, 0.29) is 0 Å². The van der Waals surface area contributed by atoms with Crippen molar-refractivity contribution >= 4 is 39.9 Å². The number of hydrogen-bond donors (Lipinski definition) is 1. The third-order valence-electron chi connectivity index (χ3n) is 3.14. The summed E-state index contributed by atoms with van der Waals surface area (Å²) in [5, 5.41) is 4.43. The number of nitrogens with one attached hydrogen (secondary N) is 1. The fourth-order valence-corrected chi connectivity index (χ4v) is 3.30. The molecular formula is C13H18ClIN2. The number of anilines is 1. The molecule has 1 aromatic carbocycles. The number of hydrogen-bond acceptors (Lipinski definition) is 2. The van der Waals surface area contributed by atoms with E-state index < -0.39 is 0 Å². The third kappa shape index (κ3) is 3.48. The second-order valence-electron chi connectivity index (χ2n) is 4.48. The standard InChI is InChI=1S/C13H18ClIN2/c1-2-3-11-9-17(7-6-16-11)13-5-4-10(15)8-12(13)14/h4-5,8,11,16H,2-3,6-7,9H2,1H3. The molecule has 0 bridgehead atoms. The van der Waals surface area contributed by atoms with Crippen LogP contribution in [0.5, 0.6) is 0 Å². The molecule has 2 rings (SSSR count). The predicted molar refractivity (Wildman–Crippen MR) is 83.1 cm³/mol. The van der Waals surface area contributed by atoms with Gasteiger partial charge in [-0.15, -0.1) is 0 Å². The van der Waals surface area contributed by atoms with E-state index in [1.165, 1.54) is 22.1 Å². The Morgan fingerprint density at radius 1 is 1.53 bits per heavy atom. The van der Waals surface area contributed by atoms with Crippen LogP contribution in [0.4, 0.5) is 5.69 Å². The Kier molecular flexibility index (Phi) is 4.94. The van der Waals surface area contributed by atoms with Crippen molar-refractivity contribution in [1.82, 2.24) is 5.32 Å². The Morgan fingerprint density at radius 3 is 3.06 bits per heavy atom. The largest absolute Gasteiger partial charge is 0.367 e. The van der Waals surface area contributed by atoms with E-state index in [1.807, 2.05) is 6.07 Å². The van der Waals surface area contributed by atoms with E-state index in [4.69, 9.17) is 11.6 Å². The monoisotopic (exact) mass is 364 g/mol. The van der Waals surface area contributed by atoms with Crippen LogP contribution in [0.1, 0.15) is 19.8 Å². The van der Waals surface area contributed by atoms with E-state index in [2.05, 4.69) is 51.9 Å². The Hall–Kier alpha value is -0.000000000000000132. The van der Waals surface area contributed by atoms with Gasteiger partial charge in [-0.25, -0.2) is 0 Å². The first-order valence-corrected chi connectivity index (χ1v) is 7.59. The molecule has 0 aliphatic carbocycles. The molecule has 4 heteroatoms. The van der Waals surface area contributed by atoms with E-state index in [9.17, 15) is 0 Å². The van der Waals surface area contributed by atoms with Crippen molar-refractivity contribution in [3.05, 3.63) is 26.8 Å². The molecule has 2 nitrogen and oxygen atoms in total. The minimum absolute atomic E-state index is 0.601. The van der Waals surface area contributed by atoms with Gasteiger partial charge >= 0.3 is 0 Å². The first-order chi connectivity index (χ1) is 8.20. The maximum absolute atomic E-state index is 6.32. The van der Waals surface area contributed by atoms with Crippen LogP contribution in [0.3, 0.4) is 0 Å². The van der Waals surface area contributed by atoms with Crippen molar-refractivity contribution < 1.29 is 0 Å². The van der Waals surface area contributed by atoms with Crippen molar-refractivity contribution in [3.63, 3.8) is 0 Å². The Bertz CT molecular complexity index is 382. The highest BCUT2D eigenvalue weighted by Gasteiger charge is 2.20. The average molecular weight is 365 g/mol. The van der Waals surface area contributed by atoms with Gasteiger partial charge in [0.25, 0.3) is 0 Å². The Labute approximate surface area is 122 Å². The molecule has 1 atom stereocenters. The normalized spacial score (nSPS) is 20.6. The van der Waals surface area contributed by atoms with Crippen LogP contribution in [-0.4, -0.2) is 25.7 Å². The summed E-state index contributed by atoms with van der Waals surface area (Å²) >= 11 is 8.62. The SMILES string of the molecule is CCCC1CN(c2ccc(I)cc2Cl)CCN1. The fraction of sp³-hybridized carbons (Fsp3) is 0.538. The molecule has 0 amide bonds. The lowest BCUT2D eigenvalue weighted by molar-refractivity contribution is 0.431. The Balaban J connectivity index is 2.10. The highest BCUT2D eigenvalue weighted by molar-refractivity contribution is 14.1. The molecule has 0 aromatic heterocycles. The smallest absolute Gasteiger partial charge is 0.0650 e. The molecule has 1 fully saturated rings. The number of piperazine rings is 1. The highest BCUT2D eigenvalue weighted by Crippen LogP contribution is 2.28. The molecular weight excluding hydrogens is 347 g/mol. The van der Waals surface area contributed by atoms with Crippen LogP contribution in [0, 0.1) is 3.57 Å². The van der Waals surface area contributed by atoms with Crippen LogP contribution in [0.15, 0.2) is 18.2 Å². The van der Waals surface area contributed by atoms with Crippen molar-refractivity contribution in [2.24, 2.45) is 0 Å². The summed E-state index contributed by atoms with van der Waals surface area (Å²) in [4.78, 5) is 2.40. The van der Waals surface area contributed by atoms with Crippen LogP contribution in [0.2, 0.25) is 5.02 Å². The lowest BCUT2D eigenvalue weighted by Crippen LogP contribution is -2.50. The zero-order chi connectivity index (χ0) is 12.3. The lowest BCUT2D eigenvalue weighted by Gasteiger charge is -2.35. The zero-order valence-electron chi connectivity index (χ0n) is 10.0. The van der Waals surface area contributed by atoms with Gasteiger partial charge in [0.2, 0.25) is 0 Å². The molecule has 1 N–H and O–H groups in total. The minimum Gasteiger partial charge on any atom is -0.367 e. The molecule has 1 aromatic rings. The maximum Gasteiger partial charge on any atom is 0.0650 e. The summed E-state index contributed by atoms with van der Waals surface area (Å²) in [6, 6.07) is 6.90. The van der Waals surface area contributed by atoms with E-state index in [1.54, 1.807) is 0 Å². The Morgan fingerprint density at radius 2 is 2.35 bits per heavy atom. The van der Waals surface area contributed by atoms with E-state index >= 15 is 0 Å². The van der Waals surface area contributed by atoms with Gasteiger partial charge in [-0.3, -0.25) is 0 Å². The number of halogens is 2. The molecule has 1 aliphatic rings. The van der Waals surface area contributed by atoms with E-state index in [0.717, 1.165) is 24.7 Å². The van der Waals surface area contributed by atoms with Crippen molar-refractivity contribution in [2.45, 2.75) is 25.8 Å². The summed E-state index contributed by atoms with van der Waals surface area (Å²) in [6.07, 6.45) is 2.46. The van der Waals surface area contributed by atoms with Gasteiger partial charge < -0.3 is 10.2 Å². The first kappa shape index (κ1) is 13.4. The minimum atomic E-state index is 0.601. The van der Waals surface area contributed by atoms with Crippen LogP contribution >= 0.6 is 34.2 Å². The molecule has 0 spiro atoms. The van der Waals surface area contributed by atoms with Gasteiger partial charge in [0.15, 0.2) is 0 Å². The average Bonchev–Trinajstić information content (AvgIpc) is 2.29. The third-order valence-corrected chi connectivity index (χ3v) is 4.12. The van der Waals surface area contributed by atoms with Crippen LogP contribution in [-0.2, 0) is 0 Å². The summed E-state index contributed by atoms with van der Waals surface area (Å²) in [6.45, 7) is 5.39. The predicted octanol–water partition coefficient (Wildman–Crippen LogP) is 3.52. The van der Waals surface area contributed by atoms with Crippen molar-refractivity contribution in [1.29, 1.82) is 0 Å². The van der Waals surface area contributed by atoms with Crippen molar-refractivity contribution in [3.8, 4) is 0 Å². The van der Waals surface area contributed by atoms with Gasteiger partial charge in [0.05, 0.1) is 10.7 Å². The summed E-state index contributed by atoms with van der Waals surface area (Å²) in [5.74, 6) is 0. The number of nitrogens with zero attached hydrogens (tertiary/aromatic N) is 1. The summed E-state index contributed by atoms with van der Waals surface area (Å²) in [5.41, 5.74) is 1.18. The van der Waals surface area contributed by atoms with Gasteiger partial charge in [-0.2, -0.15) is 0 Å². The molecule has 0 radical (unpaired) electrons. The second kappa shape index (κ2) is 6.25. The molecule has 0 saturated carbocycles. The van der Waals surface area contributed by atoms with Gasteiger partial charge in [0.1, 0.15) is 0 Å². The van der Waals surface area contributed by atoms with Crippen LogP contribution in [0.25, 0.3) is 0 Å². The highest BCUT2D eigenvalue weighted by atomic mass is 127. The molecule has 1 saturated heterocycles. The molecule has 1 heterocycles. The summed E-state index contributed by atoms with van der Waals surface area (Å²) in [7, 11) is 0. The fourth-order valence-electron chi connectivity index (χ4n) is 2.32. The van der Waals surface area contributed by atoms with Gasteiger partial charge in [-0.1, -0.05) is 24.9 Å². The molecule has 1 aliphatic heterocycles. The van der Waals surface area contributed by atoms with Crippen molar-refractivity contribution in [2.75, 3.05) is 24.5 Å². The van der Waals surface area contributed by atoms with E-state index in [0.29, 0.717) is 6.04 Å². The zero-order valence-corrected chi connectivity index (χ0v) is 13.0. The molecule has 1 unspecified atom stereocenters. The summed E-state index contributed by atoms with van der Waals surface area (Å²) < 4.78 is 1.19. The topological polar surface area (TPSA) is 15.3 Å². The van der Waals surface area contributed by atoms with Crippen LogP contribution < -0.4 is 10.2 Å². The maximum atomic E-state index is 6.32. The molecule has 94 valence electrons. The number of rotatable bonds is 3. The first-order valence-electron chi connectivity index (χ1n) is 6.14. The van der Waals surface area contributed by atoms with Gasteiger partial charge in [-0.05, 0) is 47.2 Å². The molecule has 17 heavy (non-hydrogen) atoms.